The summed E-state index contributed by atoms with van der Waals surface area (Å²) in [5, 5.41) is 2.07. The molecule has 0 saturated carbocycles. The van der Waals surface area contributed by atoms with Crippen LogP contribution in [0.5, 0.6) is 5.75 Å². The Morgan fingerprint density at radius 3 is 2.95 bits per heavy atom. The molecule has 4 heteroatoms. The lowest BCUT2D eigenvalue weighted by atomic mass is 10.0. The number of thiazole rings is 1. The summed E-state index contributed by atoms with van der Waals surface area (Å²) in [5.74, 6) is 1.72. The van der Waals surface area contributed by atoms with E-state index >= 15 is 0 Å². The molecule has 1 aliphatic carbocycles. The number of hydrogen-bond acceptors (Lipinski definition) is 4. The lowest BCUT2D eigenvalue weighted by Gasteiger charge is -2.06. The van der Waals surface area contributed by atoms with Crippen molar-refractivity contribution in [2.45, 2.75) is 25.7 Å². The Bertz CT molecular complexity index is 748. The molecular formula is C16H15NO2S. The fraction of sp³-hybridized carbons (Fsp3) is 0.312. The molecular weight excluding hydrogens is 270 g/mol. The number of hydrogen-bond donors (Lipinski definition) is 0. The van der Waals surface area contributed by atoms with E-state index in [0.717, 1.165) is 33.9 Å². The Morgan fingerprint density at radius 2 is 2.10 bits per heavy atom. The van der Waals surface area contributed by atoms with Crippen molar-refractivity contribution < 1.29 is 9.15 Å². The zero-order valence-electron chi connectivity index (χ0n) is 11.3. The van der Waals surface area contributed by atoms with E-state index in [-0.39, 0.29) is 0 Å². The molecule has 2 aromatic heterocycles. The van der Waals surface area contributed by atoms with Gasteiger partial charge < -0.3 is 9.15 Å². The predicted molar refractivity (Wildman–Crippen MR) is 80.5 cm³/mol. The van der Waals surface area contributed by atoms with E-state index in [1.165, 1.54) is 29.8 Å². The van der Waals surface area contributed by atoms with Gasteiger partial charge in [-0.3, -0.25) is 0 Å². The smallest absolute Gasteiger partial charge is 0.164 e. The number of aromatic nitrogens is 1. The Morgan fingerprint density at radius 1 is 1.20 bits per heavy atom. The molecule has 2 heterocycles. The summed E-state index contributed by atoms with van der Waals surface area (Å²) in [7, 11) is 1.68. The van der Waals surface area contributed by atoms with Gasteiger partial charge in [-0.05, 0) is 49.9 Å². The Balaban J connectivity index is 1.79. The quantitative estimate of drug-likeness (QED) is 0.698. The van der Waals surface area contributed by atoms with Gasteiger partial charge in [-0.2, -0.15) is 0 Å². The third-order valence-corrected chi connectivity index (χ3v) is 4.95. The third kappa shape index (κ3) is 1.91. The summed E-state index contributed by atoms with van der Waals surface area (Å²) in [4.78, 5) is 6.19. The molecule has 102 valence electrons. The Kier molecular flexibility index (Phi) is 2.77. The van der Waals surface area contributed by atoms with Crippen LogP contribution in [0.15, 0.2) is 28.7 Å². The fourth-order valence-corrected chi connectivity index (χ4v) is 3.81. The van der Waals surface area contributed by atoms with Gasteiger partial charge in [-0.25, -0.2) is 4.98 Å². The molecule has 0 fully saturated rings. The molecule has 0 aliphatic heterocycles. The first-order valence-corrected chi connectivity index (χ1v) is 7.72. The van der Waals surface area contributed by atoms with Crippen LogP contribution in [0.1, 0.15) is 23.4 Å². The van der Waals surface area contributed by atoms with Gasteiger partial charge in [-0.15, -0.1) is 11.3 Å². The molecule has 0 radical (unpaired) electrons. The maximum absolute atomic E-state index is 5.92. The summed E-state index contributed by atoms with van der Waals surface area (Å²) in [6.45, 7) is 0. The number of benzene rings is 1. The normalized spacial score (nSPS) is 14.4. The molecule has 0 bridgehead atoms. The first-order chi connectivity index (χ1) is 9.83. The predicted octanol–water partition coefficient (Wildman–Crippen LogP) is 4.44. The van der Waals surface area contributed by atoms with E-state index in [0.29, 0.717) is 0 Å². The zero-order chi connectivity index (χ0) is 13.5. The molecule has 4 rings (SSSR count). The average Bonchev–Trinajstić information content (AvgIpc) is 3.09. The third-order valence-electron chi connectivity index (χ3n) is 3.78. The van der Waals surface area contributed by atoms with Crippen LogP contribution in [0.3, 0.4) is 0 Å². The van der Waals surface area contributed by atoms with E-state index < -0.39 is 0 Å². The van der Waals surface area contributed by atoms with Crippen LogP contribution in [0.4, 0.5) is 0 Å². The van der Waals surface area contributed by atoms with Gasteiger partial charge in [0.15, 0.2) is 10.8 Å². The number of ether oxygens (including phenoxy) is 1. The first kappa shape index (κ1) is 12.0. The summed E-state index contributed by atoms with van der Waals surface area (Å²) in [5.41, 5.74) is 2.16. The molecule has 3 aromatic rings. The van der Waals surface area contributed by atoms with Crippen LogP contribution in [0, 0.1) is 0 Å². The highest BCUT2D eigenvalue weighted by atomic mass is 32.1. The van der Waals surface area contributed by atoms with Gasteiger partial charge in [0, 0.05) is 10.3 Å². The van der Waals surface area contributed by atoms with Crippen molar-refractivity contribution in [1.82, 2.24) is 4.98 Å². The van der Waals surface area contributed by atoms with Crippen LogP contribution in [0.25, 0.3) is 21.7 Å². The topological polar surface area (TPSA) is 35.3 Å². The largest absolute Gasteiger partial charge is 0.497 e. The zero-order valence-corrected chi connectivity index (χ0v) is 12.1. The van der Waals surface area contributed by atoms with Crippen molar-refractivity contribution in [3.8, 4) is 16.5 Å². The summed E-state index contributed by atoms with van der Waals surface area (Å²) >= 11 is 1.78. The van der Waals surface area contributed by atoms with Crippen molar-refractivity contribution in [3.05, 3.63) is 34.8 Å². The lowest BCUT2D eigenvalue weighted by molar-refractivity contribution is 0.415. The number of methoxy groups -OCH3 is 1. The highest BCUT2D eigenvalue weighted by molar-refractivity contribution is 7.15. The molecule has 0 spiro atoms. The van der Waals surface area contributed by atoms with E-state index in [2.05, 4.69) is 6.07 Å². The second-order valence-electron chi connectivity index (χ2n) is 5.11. The monoisotopic (exact) mass is 285 g/mol. The summed E-state index contributed by atoms with van der Waals surface area (Å²) in [6.07, 6.45) is 4.82. The maximum atomic E-state index is 5.92. The second kappa shape index (κ2) is 4.63. The first-order valence-electron chi connectivity index (χ1n) is 6.90. The fourth-order valence-electron chi connectivity index (χ4n) is 2.71. The van der Waals surface area contributed by atoms with Crippen LogP contribution in [-0.4, -0.2) is 12.1 Å². The Labute approximate surface area is 121 Å². The summed E-state index contributed by atoms with van der Waals surface area (Å²) in [6, 6.07) is 7.92. The standard InChI is InChI=1S/C16H15NO2S/c1-18-11-6-7-13-10(8-11)9-14(19-13)16-17-12-4-2-3-5-15(12)20-16/h6-9H,2-5H2,1H3. The van der Waals surface area contributed by atoms with Crippen LogP contribution in [-0.2, 0) is 12.8 Å². The van der Waals surface area contributed by atoms with Crippen molar-refractivity contribution in [2.24, 2.45) is 0 Å². The van der Waals surface area contributed by atoms with E-state index in [1.807, 2.05) is 18.2 Å². The number of nitrogens with zero attached hydrogens (tertiary/aromatic N) is 1. The minimum Gasteiger partial charge on any atom is -0.497 e. The number of fused-ring (bicyclic) bond motifs is 2. The van der Waals surface area contributed by atoms with E-state index in [4.69, 9.17) is 14.1 Å². The maximum Gasteiger partial charge on any atom is 0.164 e. The average molecular weight is 285 g/mol. The second-order valence-corrected chi connectivity index (χ2v) is 6.19. The number of rotatable bonds is 2. The molecule has 0 amide bonds. The van der Waals surface area contributed by atoms with Crippen molar-refractivity contribution in [2.75, 3.05) is 7.11 Å². The van der Waals surface area contributed by atoms with Crippen molar-refractivity contribution >= 4 is 22.3 Å². The van der Waals surface area contributed by atoms with E-state index in [9.17, 15) is 0 Å². The number of aryl methyl sites for hydroxylation is 2. The van der Waals surface area contributed by atoms with Gasteiger partial charge in [0.25, 0.3) is 0 Å². The lowest BCUT2D eigenvalue weighted by Crippen LogP contribution is -1.98. The van der Waals surface area contributed by atoms with Gasteiger partial charge in [-0.1, -0.05) is 0 Å². The van der Waals surface area contributed by atoms with Crippen molar-refractivity contribution in [3.63, 3.8) is 0 Å². The molecule has 0 unspecified atom stereocenters. The van der Waals surface area contributed by atoms with Crippen LogP contribution < -0.4 is 4.74 Å². The Hall–Kier alpha value is -1.81. The molecule has 0 atom stereocenters. The molecule has 1 aromatic carbocycles. The van der Waals surface area contributed by atoms with Gasteiger partial charge >= 0.3 is 0 Å². The van der Waals surface area contributed by atoms with E-state index in [1.54, 1.807) is 18.4 Å². The molecule has 20 heavy (non-hydrogen) atoms. The van der Waals surface area contributed by atoms with Gasteiger partial charge in [0.1, 0.15) is 11.3 Å². The highest BCUT2D eigenvalue weighted by Crippen LogP contribution is 2.36. The SMILES string of the molecule is COc1ccc2oc(-c3nc4c(s3)CCCC4)cc2c1. The number of furan rings is 1. The molecule has 1 aliphatic rings. The van der Waals surface area contributed by atoms with Crippen LogP contribution in [0.2, 0.25) is 0 Å². The molecule has 3 nitrogen and oxygen atoms in total. The van der Waals surface area contributed by atoms with Gasteiger partial charge in [0.05, 0.1) is 12.8 Å². The highest BCUT2D eigenvalue weighted by Gasteiger charge is 2.18. The molecule has 0 N–H and O–H groups in total. The van der Waals surface area contributed by atoms with Crippen LogP contribution >= 0.6 is 11.3 Å². The van der Waals surface area contributed by atoms with Crippen molar-refractivity contribution in [1.29, 1.82) is 0 Å². The summed E-state index contributed by atoms with van der Waals surface area (Å²) < 4.78 is 11.2. The minimum absolute atomic E-state index is 0.850. The van der Waals surface area contributed by atoms with Gasteiger partial charge in [0.2, 0.25) is 0 Å². The minimum atomic E-state index is 0.850. The molecule has 0 saturated heterocycles.